The predicted molar refractivity (Wildman–Crippen MR) is 99.0 cm³/mol. The van der Waals surface area contributed by atoms with E-state index in [0.717, 1.165) is 18.9 Å². The molecule has 1 saturated heterocycles. The summed E-state index contributed by atoms with van der Waals surface area (Å²) in [6.45, 7) is 4.19. The van der Waals surface area contributed by atoms with Crippen LogP contribution in [0.5, 0.6) is 0 Å². The third kappa shape index (κ3) is 5.26. The summed E-state index contributed by atoms with van der Waals surface area (Å²) in [7, 11) is -3.75. The zero-order chi connectivity index (χ0) is 20.0. The van der Waals surface area contributed by atoms with Gasteiger partial charge in [0.15, 0.2) is 0 Å². The molecule has 0 spiro atoms. The highest BCUT2D eigenvalue weighted by Gasteiger charge is 2.33. The van der Waals surface area contributed by atoms with Gasteiger partial charge in [0, 0.05) is 25.7 Å². The van der Waals surface area contributed by atoms with Crippen LogP contribution in [0, 0.1) is 12.7 Å². The molecule has 0 radical (unpaired) electrons. The van der Waals surface area contributed by atoms with Crippen molar-refractivity contribution in [2.75, 3.05) is 19.6 Å². The van der Waals surface area contributed by atoms with E-state index in [1.54, 1.807) is 6.92 Å². The molecular weight excluding hydrogens is 373 g/mol. The van der Waals surface area contributed by atoms with E-state index in [1.165, 1.54) is 23.4 Å². The van der Waals surface area contributed by atoms with Crippen molar-refractivity contribution in [3.63, 3.8) is 0 Å². The Morgan fingerprint density at radius 1 is 1.22 bits per heavy atom. The maximum atomic E-state index is 13.5. The number of hydrogen-bond acceptors (Lipinski definition) is 4. The first-order valence-electron chi connectivity index (χ1n) is 9.11. The first kappa shape index (κ1) is 21.3. The van der Waals surface area contributed by atoms with Gasteiger partial charge in [-0.25, -0.2) is 12.8 Å². The normalized spacial score (nSPS) is 18.1. The molecule has 0 bridgehead atoms. The lowest BCUT2D eigenvalue weighted by molar-refractivity contribution is -0.139. The summed E-state index contributed by atoms with van der Waals surface area (Å²) in [5.41, 5.74) is 0.277. The number of likely N-dealkylation sites (N-methyl/N-ethyl adjacent to an activating group) is 1. The zero-order valence-corrected chi connectivity index (χ0v) is 16.4. The zero-order valence-electron chi connectivity index (χ0n) is 15.6. The molecule has 1 atom stereocenters. The molecule has 0 aliphatic carbocycles. The number of rotatable bonds is 6. The van der Waals surface area contributed by atoms with E-state index in [1.807, 2.05) is 0 Å². The van der Waals surface area contributed by atoms with Gasteiger partial charge in [-0.05, 0) is 56.9 Å². The third-order valence-electron chi connectivity index (χ3n) is 4.62. The van der Waals surface area contributed by atoms with E-state index in [4.69, 9.17) is 0 Å². The number of benzene rings is 1. The molecule has 0 unspecified atom stereocenters. The summed E-state index contributed by atoms with van der Waals surface area (Å²) in [5, 5.41) is 4.93. The van der Waals surface area contributed by atoms with E-state index >= 15 is 0 Å². The van der Waals surface area contributed by atoms with Crippen LogP contribution in [0.4, 0.5) is 4.39 Å². The molecular formula is C18H26FN3O4S. The molecule has 1 heterocycles. The fraction of sp³-hybridized carbons (Fsp3) is 0.556. The Hall–Kier alpha value is -2.00. The van der Waals surface area contributed by atoms with Crippen LogP contribution in [0.3, 0.4) is 0 Å². The Balaban J connectivity index is 2.06. The first-order chi connectivity index (χ1) is 12.8. The van der Waals surface area contributed by atoms with Crippen LogP contribution in [0.15, 0.2) is 23.1 Å². The number of halogens is 1. The summed E-state index contributed by atoms with van der Waals surface area (Å²) < 4.78 is 40.9. The minimum atomic E-state index is -3.75. The van der Waals surface area contributed by atoms with Crippen LogP contribution >= 0.6 is 0 Å². The number of nitrogens with one attached hydrogen (secondary N) is 2. The summed E-state index contributed by atoms with van der Waals surface area (Å²) in [6.07, 6.45) is 2.73. The number of nitrogens with zero attached hydrogens (tertiary/aromatic N) is 1. The highest BCUT2D eigenvalue weighted by Crippen LogP contribution is 2.27. The number of hydrogen-bond donors (Lipinski definition) is 2. The lowest BCUT2D eigenvalue weighted by Crippen LogP contribution is -2.46. The molecule has 1 aromatic rings. The minimum Gasteiger partial charge on any atom is -0.348 e. The van der Waals surface area contributed by atoms with Crippen LogP contribution in [-0.4, -0.2) is 50.2 Å². The number of sulfonamides is 1. The lowest BCUT2D eigenvalue weighted by atomic mass is 10.0. The van der Waals surface area contributed by atoms with Gasteiger partial charge < -0.3 is 10.6 Å². The third-order valence-corrected chi connectivity index (χ3v) is 6.56. The molecule has 1 aliphatic heterocycles. The summed E-state index contributed by atoms with van der Waals surface area (Å²) in [6, 6.07) is 3.50. The number of carbonyl (C=O) groups is 2. The van der Waals surface area contributed by atoms with Gasteiger partial charge in [-0.1, -0.05) is 6.42 Å². The summed E-state index contributed by atoms with van der Waals surface area (Å²) >= 11 is 0. The van der Waals surface area contributed by atoms with E-state index in [9.17, 15) is 22.4 Å². The van der Waals surface area contributed by atoms with Crippen LogP contribution < -0.4 is 10.6 Å². The Morgan fingerprint density at radius 2 is 1.93 bits per heavy atom. The van der Waals surface area contributed by atoms with Crippen molar-refractivity contribution >= 4 is 21.8 Å². The molecule has 9 heteroatoms. The van der Waals surface area contributed by atoms with Crippen LogP contribution in [-0.2, 0) is 19.6 Å². The second-order valence-electron chi connectivity index (χ2n) is 6.58. The predicted octanol–water partition coefficient (Wildman–Crippen LogP) is 1.32. The Kier molecular flexibility index (Phi) is 7.32. The smallest absolute Gasteiger partial charge is 0.309 e. The van der Waals surface area contributed by atoms with Gasteiger partial charge in [-0.3, -0.25) is 9.59 Å². The minimum absolute atomic E-state index is 0.0691. The molecule has 1 aromatic carbocycles. The lowest BCUT2D eigenvalue weighted by Gasteiger charge is -2.34. The van der Waals surface area contributed by atoms with Gasteiger partial charge >= 0.3 is 11.8 Å². The largest absolute Gasteiger partial charge is 0.348 e. The van der Waals surface area contributed by atoms with Crippen molar-refractivity contribution in [3.05, 3.63) is 29.6 Å². The van der Waals surface area contributed by atoms with Gasteiger partial charge in [0.05, 0.1) is 4.90 Å². The van der Waals surface area contributed by atoms with E-state index in [-0.39, 0.29) is 23.0 Å². The number of amides is 2. The average molecular weight is 399 g/mol. The number of aryl methyl sites for hydroxylation is 1. The number of carbonyl (C=O) groups excluding carboxylic acids is 2. The topological polar surface area (TPSA) is 95.6 Å². The fourth-order valence-corrected chi connectivity index (χ4v) is 4.97. The molecule has 1 aliphatic rings. The first-order valence-corrected chi connectivity index (χ1v) is 10.6. The van der Waals surface area contributed by atoms with Crippen molar-refractivity contribution < 1.29 is 22.4 Å². The van der Waals surface area contributed by atoms with Gasteiger partial charge in [0.2, 0.25) is 10.0 Å². The van der Waals surface area contributed by atoms with Gasteiger partial charge in [-0.15, -0.1) is 0 Å². The maximum Gasteiger partial charge on any atom is 0.309 e. The van der Waals surface area contributed by atoms with E-state index < -0.39 is 27.7 Å². The molecule has 1 fully saturated rings. The van der Waals surface area contributed by atoms with Crippen LogP contribution in [0.25, 0.3) is 0 Å². The van der Waals surface area contributed by atoms with Crippen molar-refractivity contribution in [2.45, 2.75) is 50.5 Å². The molecule has 0 saturated carbocycles. The van der Waals surface area contributed by atoms with Crippen LogP contribution in [0.2, 0.25) is 0 Å². The summed E-state index contributed by atoms with van der Waals surface area (Å²) in [4.78, 5) is 23.2. The second kappa shape index (κ2) is 9.27. The molecule has 0 aromatic heterocycles. The van der Waals surface area contributed by atoms with Gasteiger partial charge in [0.1, 0.15) is 5.82 Å². The Labute approximate surface area is 159 Å². The molecule has 2 rings (SSSR count). The van der Waals surface area contributed by atoms with Gasteiger partial charge in [0.25, 0.3) is 0 Å². The van der Waals surface area contributed by atoms with Gasteiger partial charge in [-0.2, -0.15) is 4.31 Å². The quantitative estimate of drug-likeness (QED) is 0.706. The highest BCUT2D eigenvalue weighted by atomic mass is 32.2. The molecule has 2 amide bonds. The molecule has 7 nitrogen and oxygen atoms in total. The van der Waals surface area contributed by atoms with Crippen molar-refractivity contribution in [1.82, 2.24) is 14.9 Å². The monoisotopic (exact) mass is 399 g/mol. The van der Waals surface area contributed by atoms with Crippen molar-refractivity contribution in [3.8, 4) is 0 Å². The second-order valence-corrected chi connectivity index (χ2v) is 8.47. The van der Waals surface area contributed by atoms with Crippen molar-refractivity contribution in [1.29, 1.82) is 0 Å². The Morgan fingerprint density at radius 3 is 2.59 bits per heavy atom. The van der Waals surface area contributed by atoms with E-state index in [2.05, 4.69) is 10.6 Å². The SMILES string of the molecule is CCNC(=O)C(=O)NCC[C@H]1CCCCN1S(=O)(=O)c1ccc(F)c(C)c1. The Bertz CT molecular complexity index is 798. The molecule has 27 heavy (non-hydrogen) atoms. The highest BCUT2D eigenvalue weighted by molar-refractivity contribution is 7.89. The standard InChI is InChI=1S/C18H26FN3O4S/c1-3-20-17(23)18(24)21-10-9-14-6-4-5-11-22(14)27(25,26)15-7-8-16(19)13(2)12-15/h7-8,12,14H,3-6,9-11H2,1-2H3,(H,20,23)(H,21,24)/t14-/m1/s1. The molecule has 2 N–H and O–H groups in total. The van der Waals surface area contributed by atoms with E-state index in [0.29, 0.717) is 25.9 Å². The fourth-order valence-electron chi connectivity index (χ4n) is 3.17. The summed E-state index contributed by atoms with van der Waals surface area (Å²) in [5.74, 6) is -1.87. The van der Waals surface area contributed by atoms with Crippen molar-refractivity contribution in [2.24, 2.45) is 0 Å². The molecule has 150 valence electrons. The maximum absolute atomic E-state index is 13.5. The number of piperidine rings is 1. The average Bonchev–Trinajstić information content (AvgIpc) is 2.64. The van der Waals surface area contributed by atoms with Crippen LogP contribution in [0.1, 0.15) is 38.2 Å².